The van der Waals surface area contributed by atoms with Crippen LogP contribution < -0.4 is 0 Å². The van der Waals surface area contributed by atoms with E-state index in [9.17, 15) is 0 Å². The lowest BCUT2D eigenvalue weighted by Crippen LogP contribution is -1.94. The van der Waals surface area contributed by atoms with Crippen LogP contribution in [0, 0.1) is 0 Å². The maximum Gasteiger partial charge on any atom is 0.0880 e. The zero-order valence-electron chi connectivity index (χ0n) is 10.9. The lowest BCUT2D eigenvalue weighted by molar-refractivity contribution is 0.880. The summed E-state index contributed by atoms with van der Waals surface area (Å²) in [6.07, 6.45) is 3.65. The van der Waals surface area contributed by atoms with Gasteiger partial charge in [0, 0.05) is 21.8 Å². The van der Waals surface area contributed by atoms with Crippen LogP contribution in [0.15, 0.2) is 60.9 Å². The van der Waals surface area contributed by atoms with Crippen LogP contribution in [0.2, 0.25) is 10.0 Å². The van der Waals surface area contributed by atoms with E-state index >= 15 is 0 Å². The van der Waals surface area contributed by atoms with Crippen LogP contribution >= 0.6 is 34.8 Å². The van der Waals surface area contributed by atoms with Crippen molar-refractivity contribution in [1.82, 2.24) is 9.78 Å². The van der Waals surface area contributed by atoms with Crippen molar-refractivity contribution in [3.63, 3.8) is 0 Å². The van der Waals surface area contributed by atoms with E-state index in [0.717, 1.165) is 16.8 Å². The van der Waals surface area contributed by atoms with Gasteiger partial charge < -0.3 is 0 Å². The van der Waals surface area contributed by atoms with E-state index in [-0.39, 0.29) is 5.38 Å². The van der Waals surface area contributed by atoms with Gasteiger partial charge in [0.05, 0.1) is 17.3 Å². The van der Waals surface area contributed by atoms with Crippen molar-refractivity contribution in [2.45, 2.75) is 5.38 Å². The SMILES string of the molecule is Clc1ccc(C(Cl)c2cnn(-c3ccccc3)c2)c(Cl)c1. The van der Waals surface area contributed by atoms with Gasteiger partial charge in [-0.05, 0) is 29.8 Å². The second kappa shape index (κ2) is 6.10. The molecule has 2 nitrogen and oxygen atoms in total. The van der Waals surface area contributed by atoms with Gasteiger partial charge in [-0.15, -0.1) is 11.6 Å². The second-order valence-corrected chi connectivity index (χ2v) is 5.86. The van der Waals surface area contributed by atoms with E-state index in [1.54, 1.807) is 23.0 Å². The average molecular weight is 338 g/mol. The highest BCUT2D eigenvalue weighted by molar-refractivity contribution is 6.36. The number of benzene rings is 2. The van der Waals surface area contributed by atoms with Gasteiger partial charge in [-0.2, -0.15) is 5.10 Å². The molecule has 21 heavy (non-hydrogen) atoms. The Bertz CT molecular complexity index is 753. The van der Waals surface area contributed by atoms with Crippen molar-refractivity contribution in [2.75, 3.05) is 0 Å². The quantitative estimate of drug-likeness (QED) is 0.576. The Morgan fingerprint density at radius 3 is 2.48 bits per heavy atom. The number of halogens is 3. The van der Waals surface area contributed by atoms with E-state index in [0.29, 0.717) is 10.0 Å². The van der Waals surface area contributed by atoms with Crippen LogP contribution in [0.1, 0.15) is 16.5 Å². The van der Waals surface area contributed by atoms with Gasteiger partial charge in [0.15, 0.2) is 0 Å². The molecule has 0 fully saturated rings. The van der Waals surface area contributed by atoms with Crippen LogP contribution in [-0.4, -0.2) is 9.78 Å². The first-order valence-corrected chi connectivity index (χ1v) is 7.53. The molecule has 0 saturated heterocycles. The summed E-state index contributed by atoms with van der Waals surface area (Å²) in [5.41, 5.74) is 2.68. The number of aromatic nitrogens is 2. The van der Waals surface area contributed by atoms with Crippen LogP contribution in [0.25, 0.3) is 5.69 Å². The van der Waals surface area contributed by atoms with Crippen molar-refractivity contribution >= 4 is 34.8 Å². The molecule has 0 amide bonds. The Kier molecular flexibility index (Phi) is 4.20. The largest absolute Gasteiger partial charge is 0.241 e. The van der Waals surface area contributed by atoms with Crippen LogP contribution in [0.4, 0.5) is 0 Å². The minimum absolute atomic E-state index is 0.368. The van der Waals surface area contributed by atoms with Crippen LogP contribution in [0.3, 0.4) is 0 Å². The third-order valence-electron chi connectivity index (χ3n) is 3.15. The summed E-state index contributed by atoms with van der Waals surface area (Å²) >= 11 is 18.6. The molecule has 0 aliphatic carbocycles. The summed E-state index contributed by atoms with van der Waals surface area (Å²) in [7, 11) is 0. The molecule has 1 atom stereocenters. The van der Waals surface area contributed by atoms with Gasteiger partial charge in [-0.3, -0.25) is 0 Å². The topological polar surface area (TPSA) is 17.8 Å². The molecule has 1 heterocycles. The molecule has 5 heteroatoms. The normalized spacial score (nSPS) is 12.3. The first-order chi connectivity index (χ1) is 10.1. The molecular weight excluding hydrogens is 327 g/mol. The summed E-state index contributed by atoms with van der Waals surface area (Å²) < 4.78 is 1.79. The Morgan fingerprint density at radius 2 is 1.76 bits per heavy atom. The summed E-state index contributed by atoms with van der Waals surface area (Å²) in [4.78, 5) is 0. The van der Waals surface area contributed by atoms with E-state index in [2.05, 4.69) is 5.10 Å². The monoisotopic (exact) mass is 336 g/mol. The third-order valence-corrected chi connectivity index (χ3v) is 4.20. The number of rotatable bonds is 3. The molecule has 0 spiro atoms. The standard InChI is InChI=1S/C16H11Cl3N2/c17-12-6-7-14(15(18)8-12)16(19)11-9-20-21(10-11)13-4-2-1-3-5-13/h1-10,16H. The second-order valence-electron chi connectivity index (χ2n) is 4.58. The van der Waals surface area contributed by atoms with E-state index < -0.39 is 0 Å². The van der Waals surface area contributed by atoms with Gasteiger partial charge in [0.1, 0.15) is 0 Å². The minimum atomic E-state index is -0.368. The van der Waals surface area contributed by atoms with Gasteiger partial charge in [-0.1, -0.05) is 47.5 Å². The first kappa shape index (κ1) is 14.5. The van der Waals surface area contributed by atoms with Crippen LogP contribution in [0.5, 0.6) is 0 Å². The molecule has 0 bridgehead atoms. The highest BCUT2D eigenvalue weighted by Crippen LogP contribution is 2.34. The van der Waals surface area contributed by atoms with Crippen molar-refractivity contribution in [2.24, 2.45) is 0 Å². The van der Waals surface area contributed by atoms with Gasteiger partial charge >= 0.3 is 0 Å². The predicted octanol–water partition coefficient (Wildman–Crippen LogP) is 5.51. The maximum atomic E-state index is 6.51. The summed E-state index contributed by atoms with van der Waals surface area (Å²) in [6.45, 7) is 0. The number of hydrogen-bond acceptors (Lipinski definition) is 1. The Hall–Kier alpha value is -1.48. The molecule has 3 aromatic rings. The minimum Gasteiger partial charge on any atom is -0.241 e. The van der Waals surface area contributed by atoms with Crippen molar-refractivity contribution < 1.29 is 0 Å². The maximum absolute atomic E-state index is 6.51. The Balaban J connectivity index is 1.92. The highest BCUT2D eigenvalue weighted by Gasteiger charge is 2.16. The zero-order valence-corrected chi connectivity index (χ0v) is 13.1. The molecule has 0 N–H and O–H groups in total. The first-order valence-electron chi connectivity index (χ1n) is 6.34. The Labute approximate surface area is 137 Å². The van der Waals surface area contributed by atoms with Crippen molar-refractivity contribution in [3.8, 4) is 5.69 Å². The molecular formula is C16H11Cl3N2. The Morgan fingerprint density at radius 1 is 1.00 bits per heavy atom. The van der Waals surface area contributed by atoms with Gasteiger partial charge in [-0.25, -0.2) is 4.68 Å². The van der Waals surface area contributed by atoms with Gasteiger partial charge in [0.25, 0.3) is 0 Å². The molecule has 3 rings (SSSR count). The fourth-order valence-corrected chi connectivity index (χ4v) is 2.95. The van der Waals surface area contributed by atoms with E-state index in [1.165, 1.54) is 0 Å². The smallest absolute Gasteiger partial charge is 0.0880 e. The number of nitrogens with zero attached hydrogens (tertiary/aromatic N) is 2. The molecule has 0 saturated carbocycles. The molecule has 1 aromatic heterocycles. The van der Waals surface area contributed by atoms with Crippen molar-refractivity contribution in [1.29, 1.82) is 0 Å². The highest BCUT2D eigenvalue weighted by atomic mass is 35.5. The number of hydrogen-bond donors (Lipinski definition) is 0. The molecule has 0 aliphatic rings. The molecule has 106 valence electrons. The van der Waals surface area contributed by atoms with E-state index in [1.807, 2.05) is 42.6 Å². The molecule has 2 aromatic carbocycles. The summed E-state index contributed by atoms with van der Waals surface area (Å²) in [6, 6.07) is 15.2. The lowest BCUT2D eigenvalue weighted by atomic mass is 10.1. The number of para-hydroxylation sites is 1. The summed E-state index contributed by atoms with van der Waals surface area (Å²) in [5.74, 6) is 0. The van der Waals surface area contributed by atoms with Crippen LogP contribution in [-0.2, 0) is 0 Å². The lowest BCUT2D eigenvalue weighted by Gasteiger charge is -2.10. The predicted molar refractivity (Wildman–Crippen MR) is 87.7 cm³/mol. The number of alkyl halides is 1. The fraction of sp³-hybridized carbons (Fsp3) is 0.0625. The van der Waals surface area contributed by atoms with Gasteiger partial charge in [0.2, 0.25) is 0 Å². The average Bonchev–Trinajstić information content (AvgIpc) is 2.97. The van der Waals surface area contributed by atoms with E-state index in [4.69, 9.17) is 34.8 Å². The third kappa shape index (κ3) is 3.08. The van der Waals surface area contributed by atoms with Crippen molar-refractivity contribution in [3.05, 3.63) is 82.1 Å². The summed E-state index contributed by atoms with van der Waals surface area (Å²) in [5, 5.41) is 5.12. The fourth-order valence-electron chi connectivity index (χ4n) is 2.08. The molecule has 1 unspecified atom stereocenters. The molecule has 0 aliphatic heterocycles. The molecule has 0 radical (unpaired) electrons. The zero-order chi connectivity index (χ0) is 14.8.